The summed E-state index contributed by atoms with van der Waals surface area (Å²) in [5.41, 5.74) is 1.78. The minimum absolute atomic E-state index is 0.0158. The van der Waals surface area contributed by atoms with E-state index in [0.29, 0.717) is 30.0 Å². The van der Waals surface area contributed by atoms with Crippen molar-refractivity contribution in [3.8, 4) is 17.3 Å². The molecule has 0 radical (unpaired) electrons. The molecule has 9 nitrogen and oxygen atoms in total. The Balaban J connectivity index is 1.46. The van der Waals surface area contributed by atoms with E-state index in [1.165, 1.54) is 23.9 Å². The molecule has 1 fully saturated rings. The monoisotopic (exact) mass is 426 g/mol. The standard InChI is InChI=1S/C21H23FN6O3/c1-28-19-20(31-21(28)29)26-12-18(27-19)14-4-3-13(17(22)8-14)7-15(9-23)25-11-16-10-24-5-2-6-30-16/h3-4,8,12,15-16,24-25H,2,5-7,10-11H2,1H3/t15-,16?/m0/s1. The molecule has 1 aromatic carbocycles. The van der Waals surface area contributed by atoms with Gasteiger partial charge < -0.3 is 14.5 Å². The maximum absolute atomic E-state index is 14.8. The van der Waals surface area contributed by atoms with Crippen molar-refractivity contribution in [3.63, 3.8) is 0 Å². The van der Waals surface area contributed by atoms with E-state index < -0.39 is 17.6 Å². The zero-order chi connectivity index (χ0) is 21.8. The topological polar surface area (TPSA) is 118 Å². The van der Waals surface area contributed by atoms with Gasteiger partial charge in [-0.1, -0.05) is 12.1 Å². The number of aromatic nitrogens is 3. The number of nitriles is 1. The molecular formula is C21H23FN6O3. The molecule has 1 saturated heterocycles. The molecule has 2 N–H and O–H groups in total. The highest BCUT2D eigenvalue weighted by atomic mass is 19.1. The van der Waals surface area contributed by atoms with Crippen molar-refractivity contribution in [2.24, 2.45) is 7.05 Å². The third-order valence-corrected chi connectivity index (χ3v) is 5.24. The van der Waals surface area contributed by atoms with Gasteiger partial charge in [0.25, 0.3) is 5.71 Å². The number of fused-ring (bicyclic) bond motifs is 1. The van der Waals surface area contributed by atoms with E-state index in [4.69, 9.17) is 9.15 Å². The van der Waals surface area contributed by atoms with Crippen molar-refractivity contribution in [2.45, 2.75) is 25.0 Å². The van der Waals surface area contributed by atoms with Gasteiger partial charge in [0.15, 0.2) is 0 Å². The smallest absolute Gasteiger partial charge is 0.387 e. The summed E-state index contributed by atoms with van der Waals surface area (Å²) in [6, 6.07) is 6.37. The van der Waals surface area contributed by atoms with Crippen LogP contribution in [0, 0.1) is 17.1 Å². The molecule has 1 aliphatic heterocycles. The van der Waals surface area contributed by atoms with Crippen LogP contribution in [0.5, 0.6) is 0 Å². The molecule has 0 bridgehead atoms. The second-order valence-corrected chi connectivity index (χ2v) is 7.46. The molecule has 0 aliphatic carbocycles. The van der Waals surface area contributed by atoms with Crippen LogP contribution < -0.4 is 16.4 Å². The molecule has 31 heavy (non-hydrogen) atoms. The third kappa shape index (κ3) is 4.80. The minimum atomic E-state index is -0.561. The first-order valence-corrected chi connectivity index (χ1v) is 10.1. The van der Waals surface area contributed by atoms with Crippen LogP contribution in [0.25, 0.3) is 22.6 Å². The van der Waals surface area contributed by atoms with E-state index in [9.17, 15) is 14.4 Å². The van der Waals surface area contributed by atoms with Gasteiger partial charge in [-0.05, 0) is 24.6 Å². The van der Waals surface area contributed by atoms with Gasteiger partial charge in [-0.15, -0.1) is 0 Å². The number of oxazole rings is 1. The number of rotatable bonds is 6. The highest BCUT2D eigenvalue weighted by Gasteiger charge is 2.17. The van der Waals surface area contributed by atoms with Gasteiger partial charge in [0.05, 0.1) is 30.1 Å². The van der Waals surface area contributed by atoms with Crippen LogP contribution in [0.2, 0.25) is 0 Å². The fourth-order valence-electron chi connectivity index (χ4n) is 3.46. The molecule has 1 unspecified atom stereocenters. The van der Waals surface area contributed by atoms with Crippen LogP contribution in [-0.4, -0.2) is 52.9 Å². The Kier molecular flexibility index (Phi) is 6.36. The number of nitrogens with zero attached hydrogens (tertiary/aromatic N) is 4. The van der Waals surface area contributed by atoms with Crippen LogP contribution in [0.3, 0.4) is 0 Å². The van der Waals surface area contributed by atoms with E-state index in [0.717, 1.165) is 19.5 Å². The molecule has 0 spiro atoms. The summed E-state index contributed by atoms with van der Waals surface area (Å²) in [6.07, 6.45) is 2.60. The molecule has 3 aromatic rings. The summed E-state index contributed by atoms with van der Waals surface area (Å²) in [7, 11) is 1.53. The van der Waals surface area contributed by atoms with E-state index in [-0.39, 0.29) is 23.9 Å². The van der Waals surface area contributed by atoms with Crippen molar-refractivity contribution in [2.75, 3.05) is 26.2 Å². The maximum Gasteiger partial charge on any atom is 0.422 e. The Hall–Kier alpha value is -3.13. The Morgan fingerprint density at radius 2 is 2.35 bits per heavy atom. The lowest BCUT2D eigenvalue weighted by Gasteiger charge is -2.18. The number of hydrogen-bond acceptors (Lipinski definition) is 8. The zero-order valence-corrected chi connectivity index (χ0v) is 17.1. The summed E-state index contributed by atoms with van der Waals surface area (Å²) in [5, 5.41) is 15.9. The van der Waals surface area contributed by atoms with E-state index in [1.807, 2.05) is 0 Å². The van der Waals surface area contributed by atoms with E-state index >= 15 is 0 Å². The molecule has 2 aromatic heterocycles. The Bertz CT molecular complexity index is 1160. The van der Waals surface area contributed by atoms with Gasteiger partial charge in [-0.3, -0.25) is 9.88 Å². The summed E-state index contributed by atoms with van der Waals surface area (Å²) in [4.78, 5) is 20.0. The van der Waals surface area contributed by atoms with Crippen molar-refractivity contribution < 1.29 is 13.5 Å². The van der Waals surface area contributed by atoms with Gasteiger partial charge >= 0.3 is 5.76 Å². The summed E-state index contributed by atoms with van der Waals surface area (Å²) >= 11 is 0. The predicted molar refractivity (Wildman–Crippen MR) is 111 cm³/mol. The normalized spacial score (nSPS) is 17.9. The number of benzene rings is 1. The SMILES string of the molecule is Cn1c(=O)oc2ncc(-c3ccc(C[C@@H](C#N)NCC4CNCCCO4)c(F)c3)nc21. The molecule has 3 heterocycles. The summed E-state index contributed by atoms with van der Waals surface area (Å²) < 4.78 is 26.7. The molecule has 0 saturated carbocycles. The largest absolute Gasteiger partial charge is 0.422 e. The number of aryl methyl sites for hydroxylation is 1. The second-order valence-electron chi connectivity index (χ2n) is 7.46. The first-order chi connectivity index (χ1) is 15.0. The maximum atomic E-state index is 14.8. The zero-order valence-electron chi connectivity index (χ0n) is 17.1. The molecule has 10 heteroatoms. The average molecular weight is 426 g/mol. The van der Waals surface area contributed by atoms with E-state index in [2.05, 4.69) is 26.7 Å². The fraction of sp³-hybridized carbons (Fsp3) is 0.429. The van der Waals surface area contributed by atoms with Gasteiger partial charge in [0, 0.05) is 38.7 Å². The van der Waals surface area contributed by atoms with E-state index in [1.54, 1.807) is 12.1 Å². The minimum Gasteiger partial charge on any atom is -0.387 e. The van der Waals surface area contributed by atoms with Gasteiger partial charge in [0.2, 0.25) is 5.65 Å². The molecule has 2 atom stereocenters. The highest BCUT2D eigenvalue weighted by Crippen LogP contribution is 2.22. The predicted octanol–water partition coefficient (Wildman–Crippen LogP) is 1.13. The third-order valence-electron chi connectivity index (χ3n) is 5.24. The molecule has 1 aliphatic rings. The molecule has 4 rings (SSSR count). The van der Waals surface area contributed by atoms with Crippen LogP contribution in [0.1, 0.15) is 12.0 Å². The highest BCUT2D eigenvalue weighted by molar-refractivity contribution is 5.69. The number of hydrogen-bond donors (Lipinski definition) is 2. The number of halogens is 1. The van der Waals surface area contributed by atoms with Crippen LogP contribution in [-0.2, 0) is 18.2 Å². The molecular weight excluding hydrogens is 403 g/mol. The van der Waals surface area contributed by atoms with Crippen molar-refractivity contribution in [1.82, 2.24) is 25.2 Å². The first-order valence-electron chi connectivity index (χ1n) is 10.1. The molecule has 0 amide bonds. The van der Waals surface area contributed by atoms with Gasteiger partial charge in [-0.25, -0.2) is 19.2 Å². The average Bonchev–Trinajstić information content (AvgIpc) is 2.94. The fourth-order valence-corrected chi connectivity index (χ4v) is 3.46. The van der Waals surface area contributed by atoms with Crippen molar-refractivity contribution >= 4 is 11.4 Å². The first kappa shape index (κ1) is 21.1. The number of nitrogens with one attached hydrogen (secondary N) is 2. The summed E-state index contributed by atoms with van der Waals surface area (Å²) in [5.74, 6) is -0.997. The quantitative estimate of drug-likeness (QED) is 0.602. The Morgan fingerprint density at radius 3 is 3.16 bits per heavy atom. The molecule has 162 valence electrons. The van der Waals surface area contributed by atoms with Crippen LogP contribution in [0.15, 0.2) is 33.6 Å². The van der Waals surface area contributed by atoms with Crippen LogP contribution >= 0.6 is 0 Å². The second kappa shape index (κ2) is 9.34. The summed E-state index contributed by atoms with van der Waals surface area (Å²) in [6.45, 7) is 2.85. The number of ether oxygens (including phenoxy) is 1. The Morgan fingerprint density at radius 1 is 1.48 bits per heavy atom. The van der Waals surface area contributed by atoms with Crippen molar-refractivity contribution in [3.05, 3.63) is 46.3 Å². The van der Waals surface area contributed by atoms with Crippen LogP contribution in [0.4, 0.5) is 4.39 Å². The lowest BCUT2D eigenvalue weighted by Crippen LogP contribution is -2.40. The lowest BCUT2D eigenvalue weighted by atomic mass is 10.0. The van der Waals surface area contributed by atoms with Gasteiger partial charge in [0.1, 0.15) is 5.82 Å². The van der Waals surface area contributed by atoms with Gasteiger partial charge in [-0.2, -0.15) is 5.26 Å². The van der Waals surface area contributed by atoms with Crippen molar-refractivity contribution in [1.29, 1.82) is 5.26 Å². The Labute approximate surface area is 177 Å². The lowest BCUT2D eigenvalue weighted by molar-refractivity contribution is 0.0660.